The van der Waals surface area contributed by atoms with Crippen molar-refractivity contribution in [2.24, 2.45) is 5.92 Å². The number of hydrogen-bond acceptors (Lipinski definition) is 9. The summed E-state index contributed by atoms with van der Waals surface area (Å²) in [6.45, 7) is 5.68. The normalized spacial score (nSPS) is 21.6. The Hall–Kier alpha value is -2.91. The smallest absolute Gasteiger partial charge is 0.258 e. The van der Waals surface area contributed by atoms with Crippen molar-refractivity contribution in [2.75, 3.05) is 51.4 Å². The lowest BCUT2D eigenvalue weighted by molar-refractivity contribution is -0.00833. The first-order chi connectivity index (χ1) is 20.7. The van der Waals surface area contributed by atoms with E-state index in [0.29, 0.717) is 30.9 Å². The summed E-state index contributed by atoms with van der Waals surface area (Å²) in [5, 5.41) is 10.1. The van der Waals surface area contributed by atoms with Crippen LogP contribution in [-0.2, 0) is 24.8 Å². The van der Waals surface area contributed by atoms with Crippen molar-refractivity contribution in [3.8, 4) is 11.5 Å². The summed E-state index contributed by atoms with van der Waals surface area (Å²) in [5.41, 5.74) is 0.347. The topological polar surface area (TPSA) is 152 Å². The molecule has 4 atom stereocenters. The van der Waals surface area contributed by atoms with E-state index in [1.807, 2.05) is 13.8 Å². The predicted molar refractivity (Wildman–Crippen MR) is 168 cm³/mol. The van der Waals surface area contributed by atoms with Gasteiger partial charge in [0.15, 0.2) is 0 Å². The molecular weight excluding hydrogens is 610 g/mol. The molecule has 1 aliphatic heterocycles. The molecule has 0 aliphatic carbocycles. The second-order valence-electron chi connectivity index (χ2n) is 11.3. The standard InChI is InChI=1S/C30H45N3O9S2/c1-21-18-33(22(2)20-34)30(35)27-17-24(31-43(6,36)37)10-15-28(27)42-23(3)9-7-8-16-41-29(21)19-32(4)44(38,39)26-13-11-25(40-5)12-14-26/h10-15,17,21-23,29,31,34H,7-9,16,18-20H2,1-6H3/t21-,22-,23+,29+/m1/s1. The number of rotatable bonds is 9. The van der Waals surface area contributed by atoms with Gasteiger partial charge in [-0.1, -0.05) is 6.92 Å². The van der Waals surface area contributed by atoms with Crippen LogP contribution in [0.2, 0.25) is 0 Å². The molecule has 1 aliphatic rings. The van der Waals surface area contributed by atoms with E-state index < -0.39 is 38.1 Å². The molecule has 12 nitrogen and oxygen atoms in total. The highest BCUT2D eigenvalue weighted by Gasteiger charge is 2.32. The largest absolute Gasteiger partial charge is 0.497 e. The van der Waals surface area contributed by atoms with Gasteiger partial charge in [-0.3, -0.25) is 9.52 Å². The zero-order chi connectivity index (χ0) is 32.7. The number of benzene rings is 2. The quantitative estimate of drug-likeness (QED) is 0.415. The highest BCUT2D eigenvalue weighted by molar-refractivity contribution is 7.92. The van der Waals surface area contributed by atoms with Gasteiger partial charge < -0.3 is 24.2 Å². The molecule has 0 radical (unpaired) electrons. The van der Waals surface area contributed by atoms with Gasteiger partial charge in [0, 0.05) is 38.3 Å². The number of anilines is 1. The number of ether oxygens (including phenoxy) is 3. The number of aliphatic hydroxyl groups excluding tert-OH is 1. The summed E-state index contributed by atoms with van der Waals surface area (Å²) >= 11 is 0. The lowest BCUT2D eigenvalue weighted by atomic mass is 10.0. The van der Waals surface area contributed by atoms with Crippen LogP contribution in [0, 0.1) is 5.92 Å². The van der Waals surface area contributed by atoms with Crippen molar-refractivity contribution in [3.05, 3.63) is 48.0 Å². The van der Waals surface area contributed by atoms with Crippen LogP contribution in [0.15, 0.2) is 47.4 Å². The molecule has 0 saturated carbocycles. The van der Waals surface area contributed by atoms with E-state index in [1.165, 1.54) is 47.6 Å². The molecule has 0 aromatic heterocycles. The number of likely N-dealkylation sites (N-methyl/N-ethyl adjacent to an activating group) is 1. The monoisotopic (exact) mass is 655 g/mol. The molecule has 44 heavy (non-hydrogen) atoms. The van der Waals surface area contributed by atoms with Crippen LogP contribution >= 0.6 is 0 Å². The second-order valence-corrected chi connectivity index (χ2v) is 15.1. The molecule has 1 heterocycles. The number of aliphatic hydroxyl groups is 1. The third-order valence-electron chi connectivity index (χ3n) is 7.56. The maximum atomic E-state index is 14.1. The Bertz CT molecular complexity index is 1470. The van der Waals surface area contributed by atoms with Crippen molar-refractivity contribution in [2.45, 2.75) is 63.2 Å². The van der Waals surface area contributed by atoms with E-state index in [9.17, 15) is 26.7 Å². The van der Waals surface area contributed by atoms with Gasteiger partial charge in [0.05, 0.1) is 48.7 Å². The number of fused-ring (bicyclic) bond motifs is 1. The highest BCUT2D eigenvalue weighted by atomic mass is 32.2. The summed E-state index contributed by atoms with van der Waals surface area (Å²) in [6.07, 6.45) is 2.34. The van der Waals surface area contributed by atoms with Gasteiger partial charge in [0.25, 0.3) is 5.91 Å². The molecule has 0 spiro atoms. The Morgan fingerprint density at radius 1 is 1.11 bits per heavy atom. The number of nitrogens with zero attached hydrogens (tertiary/aromatic N) is 2. The summed E-state index contributed by atoms with van der Waals surface area (Å²) in [5.74, 6) is 0.0233. The molecule has 3 rings (SSSR count). The Kier molecular flexibility index (Phi) is 12.4. The minimum Gasteiger partial charge on any atom is -0.497 e. The van der Waals surface area contributed by atoms with E-state index in [-0.39, 0.29) is 47.9 Å². The summed E-state index contributed by atoms with van der Waals surface area (Å²) in [4.78, 5) is 15.7. The van der Waals surface area contributed by atoms with E-state index in [4.69, 9.17) is 14.2 Å². The van der Waals surface area contributed by atoms with Crippen LogP contribution in [0.1, 0.15) is 50.4 Å². The number of nitrogens with one attached hydrogen (secondary N) is 1. The predicted octanol–water partition coefficient (Wildman–Crippen LogP) is 3.18. The highest BCUT2D eigenvalue weighted by Crippen LogP contribution is 2.29. The molecule has 0 bridgehead atoms. The van der Waals surface area contributed by atoms with E-state index in [1.54, 1.807) is 25.1 Å². The SMILES string of the molecule is COc1ccc(S(=O)(=O)N(C)C[C@@H]2OCCCC[C@H](C)Oc3ccc(NS(C)(=O)=O)cc3C(=O)N([C@H](C)CO)C[C@H]2C)cc1. The number of hydrogen-bond donors (Lipinski definition) is 2. The van der Waals surface area contributed by atoms with Crippen molar-refractivity contribution in [1.29, 1.82) is 0 Å². The Morgan fingerprint density at radius 2 is 1.80 bits per heavy atom. The van der Waals surface area contributed by atoms with Crippen molar-refractivity contribution in [1.82, 2.24) is 9.21 Å². The number of carbonyl (C=O) groups is 1. The Morgan fingerprint density at radius 3 is 2.41 bits per heavy atom. The Labute approximate surface area is 261 Å². The molecular formula is C30H45N3O9S2. The number of methoxy groups -OCH3 is 1. The van der Waals surface area contributed by atoms with Gasteiger partial charge in [0.1, 0.15) is 11.5 Å². The first-order valence-corrected chi connectivity index (χ1v) is 17.9. The number of amides is 1. The third kappa shape index (κ3) is 9.54. The van der Waals surface area contributed by atoms with Crippen LogP contribution in [0.5, 0.6) is 11.5 Å². The molecule has 0 fully saturated rings. The summed E-state index contributed by atoms with van der Waals surface area (Å²) in [6, 6.07) is 10.1. The molecule has 14 heteroatoms. The second kappa shape index (κ2) is 15.4. The van der Waals surface area contributed by atoms with Crippen molar-refractivity contribution in [3.63, 3.8) is 0 Å². The molecule has 246 valence electrons. The first kappa shape index (κ1) is 35.6. The summed E-state index contributed by atoms with van der Waals surface area (Å²) in [7, 11) is -4.47. The van der Waals surface area contributed by atoms with Gasteiger partial charge >= 0.3 is 0 Å². The lowest BCUT2D eigenvalue weighted by Gasteiger charge is -2.35. The first-order valence-electron chi connectivity index (χ1n) is 14.6. The zero-order valence-electron chi connectivity index (χ0n) is 26.2. The van der Waals surface area contributed by atoms with Crippen LogP contribution in [0.3, 0.4) is 0 Å². The van der Waals surface area contributed by atoms with Crippen LogP contribution in [-0.4, -0.2) is 102 Å². The third-order valence-corrected chi connectivity index (χ3v) is 10.0. The fraction of sp³-hybridized carbons (Fsp3) is 0.567. The van der Waals surface area contributed by atoms with Gasteiger partial charge in [-0.15, -0.1) is 0 Å². The zero-order valence-corrected chi connectivity index (χ0v) is 27.9. The van der Waals surface area contributed by atoms with Crippen LogP contribution in [0.4, 0.5) is 5.69 Å². The minimum absolute atomic E-state index is 0.0313. The van der Waals surface area contributed by atoms with E-state index >= 15 is 0 Å². The average Bonchev–Trinajstić information content (AvgIpc) is 2.97. The Balaban J connectivity index is 1.97. The summed E-state index contributed by atoms with van der Waals surface area (Å²) < 4.78 is 71.9. The molecule has 0 saturated heterocycles. The fourth-order valence-electron chi connectivity index (χ4n) is 4.94. The van der Waals surface area contributed by atoms with Gasteiger partial charge in [-0.2, -0.15) is 4.31 Å². The van der Waals surface area contributed by atoms with Crippen molar-refractivity contribution >= 4 is 31.6 Å². The molecule has 0 unspecified atom stereocenters. The van der Waals surface area contributed by atoms with E-state index in [2.05, 4.69) is 4.72 Å². The average molecular weight is 656 g/mol. The molecule has 2 aromatic rings. The maximum Gasteiger partial charge on any atom is 0.258 e. The fourth-order valence-corrected chi connectivity index (χ4v) is 6.68. The number of carbonyl (C=O) groups excluding carboxylic acids is 1. The number of sulfonamides is 2. The van der Waals surface area contributed by atoms with Gasteiger partial charge in [0.2, 0.25) is 20.0 Å². The molecule has 2 N–H and O–H groups in total. The van der Waals surface area contributed by atoms with Crippen molar-refractivity contribution < 1.29 is 40.9 Å². The van der Waals surface area contributed by atoms with E-state index in [0.717, 1.165) is 12.7 Å². The van der Waals surface area contributed by atoms with Crippen LogP contribution < -0.4 is 14.2 Å². The van der Waals surface area contributed by atoms with Gasteiger partial charge in [-0.05, 0) is 75.6 Å². The molecule has 1 amide bonds. The maximum absolute atomic E-state index is 14.1. The van der Waals surface area contributed by atoms with Gasteiger partial charge in [-0.25, -0.2) is 16.8 Å². The van der Waals surface area contributed by atoms with Crippen LogP contribution in [0.25, 0.3) is 0 Å². The lowest BCUT2D eigenvalue weighted by Crippen LogP contribution is -2.48. The minimum atomic E-state index is -3.86. The molecule has 2 aromatic carbocycles.